The van der Waals surface area contributed by atoms with Crippen LogP contribution in [0, 0.1) is 0 Å². The number of carbonyl (C=O) groups is 2. The number of unbranched alkanes of at least 4 members (excludes halogenated alkanes) is 3. The number of nitrogens with zero attached hydrogens (tertiary/aromatic N) is 2. The monoisotopic (exact) mass is 421 g/mol. The number of carbonyl (C=O) groups excluding carboxylic acids is 2. The zero-order chi connectivity index (χ0) is 21.2. The quantitative estimate of drug-likeness (QED) is 0.442. The summed E-state index contributed by atoms with van der Waals surface area (Å²) < 4.78 is 0. The summed E-state index contributed by atoms with van der Waals surface area (Å²) in [4.78, 5) is 31.3. The lowest BCUT2D eigenvalue weighted by Gasteiger charge is -2.22. The van der Waals surface area contributed by atoms with E-state index in [4.69, 9.17) is 0 Å². The minimum absolute atomic E-state index is 0.0188. The average Bonchev–Trinajstić information content (AvgIpc) is 3.29. The second-order valence-corrected chi connectivity index (χ2v) is 8.01. The van der Waals surface area contributed by atoms with E-state index in [1.807, 2.05) is 54.6 Å². The van der Waals surface area contributed by atoms with Crippen molar-refractivity contribution in [2.24, 2.45) is 0 Å². The number of anilines is 1. The molecule has 0 saturated carbocycles. The van der Waals surface area contributed by atoms with Gasteiger partial charge in [-0.3, -0.25) is 9.59 Å². The summed E-state index contributed by atoms with van der Waals surface area (Å²) in [5.74, 6) is -0.352. The first-order valence-electron chi connectivity index (χ1n) is 10.3. The normalized spacial score (nSPS) is 10.6. The largest absolute Gasteiger partial charge is 0.329 e. The van der Waals surface area contributed by atoms with E-state index in [2.05, 4.69) is 17.2 Å². The summed E-state index contributed by atoms with van der Waals surface area (Å²) in [5.41, 5.74) is 2.76. The molecule has 0 radical (unpaired) electrons. The van der Waals surface area contributed by atoms with Crippen molar-refractivity contribution in [3.05, 3.63) is 71.7 Å². The molecule has 1 N–H and O–H groups in total. The zero-order valence-corrected chi connectivity index (χ0v) is 18.0. The van der Waals surface area contributed by atoms with Crippen molar-refractivity contribution in [3.8, 4) is 11.1 Å². The smallest absolute Gasteiger partial charge is 0.254 e. The Hall–Kier alpha value is -2.99. The van der Waals surface area contributed by atoms with Gasteiger partial charge in [-0.1, -0.05) is 68.7 Å². The Labute approximate surface area is 181 Å². The Morgan fingerprint density at radius 2 is 1.70 bits per heavy atom. The van der Waals surface area contributed by atoms with Crippen molar-refractivity contribution in [3.63, 3.8) is 0 Å². The van der Waals surface area contributed by atoms with E-state index in [1.54, 1.807) is 16.5 Å². The van der Waals surface area contributed by atoms with E-state index in [-0.39, 0.29) is 18.4 Å². The molecule has 1 aromatic heterocycles. The molecule has 0 saturated heterocycles. The van der Waals surface area contributed by atoms with Gasteiger partial charge in [0, 0.05) is 23.7 Å². The number of hydrogen-bond acceptors (Lipinski definition) is 4. The number of benzene rings is 2. The van der Waals surface area contributed by atoms with E-state index < -0.39 is 0 Å². The van der Waals surface area contributed by atoms with E-state index in [0.717, 1.165) is 36.8 Å². The van der Waals surface area contributed by atoms with Gasteiger partial charge in [0.05, 0.1) is 0 Å². The summed E-state index contributed by atoms with van der Waals surface area (Å²) in [6, 6.07) is 17.6. The van der Waals surface area contributed by atoms with Crippen LogP contribution < -0.4 is 5.32 Å². The van der Waals surface area contributed by atoms with Gasteiger partial charge in [0.1, 0.15) is 6.54 Å². The SMILES string of the molecule is CCCCCCN(CC(=O)Nc1nccs1)C(=O)c1ccc(-c2ccccc2)cc1. The molecule has 0 aliphatic rings. The number of aromatic nitrogens is 1. The number of amides is 2. The van der Waals surface area contributed by atoms with Crippen molar-refractivity contribution in [2.45, 2.75) is 32.6 Å². The van der Waals surface area contributed by atoms with Crippen molar-refractivity contribution in [1.29, 1.82) is 0 Å². The Balaban J connectivity index is 1.69. The predicted octanol–water partition coefficient (Wildman–Crippen LogP) is 5.47. The minimum Gasteiger partial charge on any atom is -0.329 e. The third-order valence-electron chi connectivity index (χ3n) is 4.82. The molecule has 0 bridgehead atoms. The van der Waals surface area contributed by atoms with Crippen LogP contribution in [-0.2, 0) is 4.79 Å². The Morgan fingerprint density at radius 3 is 2.37 bits per heavy atom. The van der Waals surface area contributed by atoms with Gasteiger partial charge in [0.15, 0.2) is 5.13 Å². The fourth-order valence-corrected chi connectivity index (χ4v) is 3.76. The van der Waals surface area contributed by atoms with Crippen LogP contribution in [0.5, 0.6) is 0 Å². The molecular formula is C24H27N3O2S. The van der Waals surface area contributed by atoms with E-state index in [0.29, 0.717) is 17.2 Å². The number of rotatable bonds is 10. The lowest BCUT2D eigenvalue weighted by atomic mass is 10.0. The van der Waals surface area contributed by atoms with Crippen LogP contribution in [-0.4, -0.2) is 34.8 Å². The Kier molecular flexibility index (Phi) is 8.15. The third-order valence-corrected chi connectivity index (χ3v) is 5.51. The van der Waals surface area contributed by atoms with Gasteiger partial charge in [-0.05, 0) is 29.7 Å². The summed E-state index contributed by atoms with van der Waals surface area (Å²) in [5, 5.41) is 5.12. The Morgan fingerprint density at radius 1 is 0.967 bits per heavy atom. The van der Waals surface area contributed by atoms with Gasteiger partial charge in [0.2, 0.25) is 5.91 Å². The molecule has 2 amide bonds. The molecule has 3 rings (SSSR count). The topological polar surface area (TPSA) is 62.3 Å². The van der Waals surface area contributed by atoms with Gasteiger partial charge in [0.25, 0.3) is 5.91 Å². The third kappa shape index (κ3) is 6.26. The molecule has 0 atom stereocenters. The molecule has 30 heavy (non-hydrogen) atoms. The lowest BCUT2D eigenvalue weighted by Crippen LogP contribution is -2.38. The lowest BCUT2D eigenvalue weighted by molar-refractivity contribution is -0.116. The molecule has 1 heterocycles. The van der Waals surface area contributed by atoms with Gasteiger partial charge >= 0.3 is 0 Å². The fraction of sp³-hybridized carbons (Fsp3) is 0.292. The van der Waals surface area contributed by atoms with E-state index >= 15 is 0 Å². The molecule has 0 unspecified atom stereocenters. The maximum Gasteiger partial charge on any atom is 0.254 e. The second kappa shape index (κ2) is 11.3. The van der Waals surface area contributed by atoms with Gasteiger partial charge < -0.3 is 10.2 Å². The highest BCUT2D eigenvalue weighted by Gasteiger charge is 2.19. The van der Waals surface area contributed by atoms with Gasteiger partial charge in [-0.15, -0.1) is 11.3 Å². The molecule has 0 spiro atoms. The molecule has 0 fully saturated rings. The van der Waals surface area contributed by atoms with Crippen LogP contribution in [0.4, 0.5) is 5.13 Å². The van der Waals surface area contributed by atoms with E-state index in [9.17, 15) is 9.59 Å². The van der Waals surface area contributed by atoms with Crippen LogP contribution in [0.15, 0.2) is 66.2 Å². The summed E-state index contributed by atoms with van der Waals surface area (Å²) >= 11 is 1.36. The van der Waals surface area contributed by atoms with Crippen molar-refractivity contribution in [2.75, 3.05) is 18.4 Å². The zero-order valence-electron chi connectivity index (χ0n) is 17.2. The fourth-order valence-electron chi connectivity index (χ4n) is 3.22. The van der Waals surface area contributed by atoms with Gasteiger partial charge in [-0.25, -0.2) is 4.98 Å². The number of nitrogens with one attached hydrogen (secondary N) is 1. The molecule has 3 aromatic rings. The first kappa shape index (κ1) is 21.7. The molecule has 6 heteroatoms. The standard InChI is InChI=1S/C24H27N3O2S/c1-2-3-4-8-16-27(18-22(28)26-24-25-15-17-30-24)23(29)21-13-11-20(12-14-21)19-9-6-5-7-10-19/h5-7,9-15,17H,2-4,8,16,18H2,1H3,(H,25,26,28). The van der Waals surface area contributed by atoms with Crippen molar-refractivity contribution < 1.29 is 9.59 Å². The Bertz CT molecular complexity index is 925. The van der Waals surface area contributed by atoms with Crippen LogP contribution in [0.25, 0.3) is 11.1 Å². The molecule has 0 aliphatic heterocycles. The predicted molar refractivity (Wildman–Crippen MR) is 123 cm³/mol. The second-order valence-electron chi connectivity index (χ2n) is 7.12. The van der Waals surface area contributed by atoms with Crippen LogP contribution in [0.3, 0.4) is 0 Å². The van der Waals surface area contributed by atoms with Crippen LogP contribution in [0.2, 0.25) is 0 Å². The highest BCUT2D eigenvalue weighted by Crippen LogP contribution is 2.20. The van der Waals surface area contributed by atoms with Crippen LogP contribution >= 0.6 is 11.3 Å². The average molecular weight is 422 g/mol. The highest BCUT2D eigenvalue weighted by molar-refractivity contribution is 7.13. The molecule has 156 valence electrons. The maximum atomic E-state index is 13.1. The first-order chi connectivity index (χ1) is 14.7. The van der Waals surface area contributed by atoms with Gasteiger partial charge in [-0.2, -0.15) is 0 Å². The molecule has 5 nitrogen and oxygen atoms in total. The summed E-state index contributed by atoms with van der Waals surface area (Å²) in [6.07, 6.45) is 5.81. The summed E-state index contributed by atoms with van der Waals surface area (Å²) in [7, 11) is 0. The minimum atomic E-state index is -0.227. The van der Waals surface area contributed by atoms with Crippen LogP contribution in [0.1, 0.15) is 43.0 Å². The number of thiazole rings is 1. The van der Waals surface area contributed by atoms with Crippen molar-refractivity contribution in [1.82, 2.24) is 9.88 Å². The highest BCUT2D eigenvalue weighted by atomic mass is 32.1. The maximum absolute atomic E-state index is 13.1. The van der Waals surface area contributed by atoms with E-state index in [1.165, 1.54) is 11.3 Å². The summed E-state index contributed by atoms with van der Waals surface area (Å²) in [6.45, 7) is 2.73. The van der Waals surface area contributed by atoms with Crippen molar-refractivity contribution >= 4 is 28.3 Å². The molecular weight excluding hydrogens is 394 g/mol. The molecule has 2 aromatic carbocycles. The first-order valence-corrected chi connectivity index (χ1v) is 11.2. The molecule has 0 aliphatic carbocycles. The number of hydrogen-bond donors (Lipinski definition) is 1.